The topological polar surface area (TPSA) is 87.6 Å². The van der Waals surface area contributed by atoms with Gasteiger partial charge in [-0.1, -0.05) is 0 Å². The molecule has 4 N–H and O–H groups in total. The maximum absolute atomic E-state index is 11.0. The van der Waals surface area contributed by atoms with Crippen molar-refractivity contribution in [2.24, 2.45) is 11.5 Å². The fraction of sp³-hybridized carbons (Fsp3) is 0.889. The first-order valence-corrected chi connectivity index (χ1v) is 4.85. The first kappa shape index (κ1) is 11.4. The Kier molecular flexibility index (Phi) is 4.31. The molecule has 0 saturated heterocycles. The molecule has 0 aromatic rings. The van der Waals surface area contributed by atoms with Crippen LogP contribution in [0.25, 0.3) is 0 Å². The van der Waals surface area contributed by atoms with E-state index in [1.807, 2.05) is 0 Å². The van der Waals surface area contributed by atoms with Crippen LogP contribution in [0.1, 0.15) is 19.3 Å². The average molecular weight is 202 g/mol. The highest BCUT2D eigenvalue weighted by atomic mass is 16.6. The predicted molar refractivity (Wildman–Crippen MR) is 51.6 cm³/mol. The number of methoxy groups -OCH3 is 1. The Hall–Kier alpha value is -0.650. The van der Waals surface area contributed by atoms with Crippen LogP contribution in [-0.2, 0) is 14.3 Å². The van der Waals surface area contributed by atoms with Gasteiger partial charge in [-0.05, 0) is 19.3 Å². The van der Waals surface area contributed by atoms with Gasteiger partial charge in [0, 0.05) is 13.2 Å². The van der Waals surface area contributed by atoms with Crippen molar-refractivity contribution < 1.29 is 14.3 Å². The number of esters is 1. The number of carbonyl (C=O) groups excluding carboxylic acids is 1. The number of hydrogen-bond acceptors (Lipinski definition) is 5. The van der Waals surface area contributed by atoms with Crippen LogP contribution in [-0.4, -0.2) is 37.9 Å². The van der Waals surface area contributed by atoms with E-state index in [-0.39, 0.29) is 30.8 Å². The van der Waals surface area contributed by atoms with Crippen LogP contribution < -0.4 is 11.5 Å². The molecule has 5 nitrogen and oxygen atoms in total. The number of rotatable bonds is 3. The maximum atomic E-state index is 11.0. The van der Waals surface area contributed by atoms with Gasteiger partial charge in [0.2, 0.25) is 0 Å². The van der Waals surface area contributed by atoms with E-state index in [1.54, 1.807) is 7.11 Å². The van der Waals surface area contributed by atoms with Gasteiger partial charge in [0.15, 0.2) is 0 Å². The minimum Gasteiger partial charge on any atom is -0.459 e. The monoisotopic (exact) mass is 202 g/mol. The number of carbonyl (C=O) groups is 1. The van der Waals surface area contributed by atoms with Crippen LogP contribution in [0.5, 0.6) is 0 Å². The Morgan fingerprint density at radius 2 is 2.14 bits per heavy atom. The maximum Gasteiger partial charge on any atom is 0.320 e. The van der Waals surface area contributed by atoms with Crippen LogP contribution in [0.3, 0.4) is 0 Å². The van der Waals surface area contributed by atoms with E-state index in [4.69, 9.17) is 20.9 Å². The summed E-state index contributed by atoms with van der Waals surface area (Å²) in [5.41, 5.74) is 10.9. The summed E-state index contributed by atoms with van der Waals surface area (Å²) in [6, 6.07) is 0.146. The molecule has 0 aromatic heterocycles. The number of hydrogen-bond donors (Lipinski definition) is 2. The van der Waals surface area contributed by atoms with Crippen molar-refractivity contribution in [2.45, 2.75) is 37.5 Å². The third-order valence-corrected chi connectivity index (χ3v) is 2.52. The summed E-state index contributed by atoms with van der Waals surface area (Å²) < 4.78 is 10.4. The lowest BCUT2D eigenvalue weighted by molar-refractivity contribution is -0.157. The lowest BCUT2D eigenvalue weighted by Gasteiger charge is -2.33. The molecule has 0 spiro atoms. The standard InChI is InChI=1S/C9H18N2O3/c1-13-8-4-6(11)2-3-7(8)14-9(12)5-10/h6-8H,2-5,10-11H2,1H3. The van der Waals surface area contributed by atoms with E-state index in [9.17, 15) is 4.79 Å². The Bertz CT molecular complexity index is 198. The zero-order chi connectivity index (χ0) is 10.6. The molecule has 1 fully saturated rings. The zero-order valence-electron chi connectivity index (χ0n) is 8.44. The summed E-state index contributed by atoms with van der Waals surface area (Å²) >= 11 is 0. The lowest BCUT2D eigenvalue weighted by atomic mass is 9.91. The molecular formula is C9H18N2O3. The SMILES string of the molecule is COC1CC(N)CCC1OC(=O)CN. The van der Waals surface area contributed by atoms with E-state index in [1.165, 1.54) is 0 Å². The smallest absolute Gasteiger partial charge is 0.320 e. The third kappa shape index (κ3) is 2.94. The van der Waals surface area contributed by atoms with Crippen molar-refractivity contribution >= 4 is 5.97 Å². The molecule has 0 bridgehead atoms. The fourth-order valence-electron chi connectivity index (χ4n) is 1.73. The summed E-state index contributed by atoms with van der Waals surface area (Å²) in [6.07, 6.45) is 2.08. The largest absolute Gasteiger partial charge is 0.459 e. The third-order valence-electron chi connectivity index (χ3n) is 2.52. The van der Waals surface area contributed by atoms with Crippen molar-refractivity contribution in [3.8, 4) is 0 Å². The highest BCUT2D eigenvalue weighted by Crippen LogP contribution is 2.22. The average Bonchev–Trinajstić information content (AvgIpc) is 2.20. The van der Waals surface area contributed by atoms with E-state index >= 15 is 0 Å². The molecule has 5 heteroatoms. The van der Waals surface area contributed by atoms with Crippen LogP contribution in [0.15, 0.2) is 0 Å². The molecule has 3 unspecified atom stereocenters. The number of ether oxygens (including phenoxy) is 2. The van der Waals surface area contributed by atoms with Gasteiger partial charge >= 0.3 is 5.97 Å². The molecule has 0 aliphatic heterocycles. The van der Waals surface area contributed by atoms with Gasteiger partial charge in [-0.2, -0.15) is 0 Å². The Morgan fingerprint density at radius 3 is 2.71 bits per heavy atom. The van der Waals surface area contributed by atoms with Gasteiger partial charge in [-0.15, -0.1) is 0 Å². The highest BCUT2D eigenvalue weighted by molar-refractivity contribution is 5.71. The minimum absolute atomic E-state index is 0.0843. The van der Waals surface area contributed by atoms with Crippen LogP contribution in [0.2, 0.25) is 0 Å². The molecule has 1 rings (SSSR count). The molecule has 0 amide bonds. The fourth-order valence-corrected chi connectivity index (χ4v) is 1.73. The minimum atomic E-state index is -0.382. The summed E-state index contributed by atoms with van der Waals surface area (Å²) in [6.45, 7) is -0.0843. The quantitative estimate of drug-likeness (QED) is 0.596. The van der Waals surface area contributed by atoms with Gasteiger partial charge in [0.1, 0.15) is 6.10 Å². The van der Waals surface area contributed by atoms with E-state index in [0.717, 1.165) is 19.3 Å². The van der Waals surface area contributed by atoms with Gasteiger partial charge in [0.25, 0.3) is 0 Å². The number of nitrogens with two attached hydrogens (primary N) is 2. The Labute approximate surface area is 83.7 Å². The molecule has 1 aliphatic carbocycles. The molecule has 1 saturated carbocycles. The summed E-state index contributed by atoms with van der Waals surface area (Å²) in [7, 11) is 1.60. The van der Waals surface area contributed by atoms with Crippen molar-refractivity contribution in [2.75, 3.05) is 13.7 Å². The summed E-state index contributed by atoms with van der Waals surface area (Å²) in [5, 5.41) is 0. The second kappa shape index (κ2) is 5.29. The normalized spacial score (nSPS) is 32.6. The molecule has 0 aromatic carbocycles. The van der Waals surface area contributed by atoms with E-state index in [2.05, 4.69) is 0 Å². The zero-order valence-corrected chi connectivity index (χ0v) is 8.44. The van der Waals surface area contributed by atoms with Crippen LogP contribution in [0, 0.1) is 0 Å². The van der Waals surface area contributed by atoms with Crippen LogP contribution >= 0.6 is 0 Å². The molecule has 0 heterocycles. The van der Waals surface area contributed by atoms with Crippen molar-refractivity contribution in [1.29, 1.82) is 0 Å². The predicted octanol–water partition coefficient (Wildman–Crippen LogP) is -0.617. The molecule has 14 heavy (non-hydrogen) atoms. The molecule has 0 radical (unpaired) electrons. The van der Waals surface area contributed by atoms with Crippen molar-refractivity contribution in [3.05, 3.63) is 0 Å². The molecule has 3 atom stereocenters. The van der Waals surface area contributed by atoms with Gasteiger partial charge in [-0.3, -0.25) is 4.79 Å². The lowest BCUT2D eigenvalue weighted by Crippen LogP contribution is -2.43. The first-order chi connectivity index (χ1) is 6.67. The van der Waals surface area contributed by atoms with Gasteiger partial charge in [-0.25, -0.2) is 0 Å². The van der Waals surface area contributed by atoms with E-state index in [0.29, 0.717) is 0 Å². The van der Waals surface area contributed by atoms with Gasteiger partial charge < -0.3 is 20.9 Å². The Morgan fingerprint density at radius 1 is 1.43 bits per heavy atom. The summed E-state index contributed by atoms with van der Waals surface area (Å²) in [4.78, 5) is 11.0. The Balaban J connectivity index is 2.45. The molecule has 82 valence electrons. The second-order valence-corrected chi connectivity index (χ2v) is 3.58. The molecule has 1 aliphatic rings. The summed E-state index contributed by atoms with van der Waals surface area (Å²) in [5.74, 6) is -0.382. The molecular weight excluding hydrogens is 184 g/mol. The second-order valence-electron chi connectivity index (χ2n) is 3.58. The van der Waals surface area contributed by atoms with Crippen LogP contribution in [0.4, 0.5) is 0 Å². The van der Waals surface area contributed by atoms with Gasteiger partial charge in [0.05, 0.1) is 12.6 Å². The van der Waals surface area contributed by atoms with Crippen molar-refractivity contribution in [1.82, 2.24) is 0 Å². The first-order valence-electron chi connectivity index (χ1n) is 4.85. The van der Waals surface area contributed by atoms with E-state index < -0.39 is 0 Å². The van der Waals surface area contributed by atoms with Crippen molar-refractivity contribution in [3.63, 3.8) is 0 Å². The highest BCUT2D eigenvalue weighted by Gasteiger charge is 2.31.